The van der Waals surface area contributed by atoms with Gasteiger partial charge in [-0.15, -0.1) is 11.3 Å². The fraction of sp³-hybridized carbons (Fsp3) is 0.176. The second kappa shape index (κ2) is 6.07. The first-order valence-electron chi connectivity index (χ1n) is 6.96. The number of rotatable bonds is 3. The standard InChI is InChI=1S/C17H15ClN2OS/c1-10-14(9-12-8-13(18)5-6-15(12)19-10)17(21)20-11(2)16-4-3-7-22-16/h3-9,11H,1-2H3,(H,20,21)/t11-/m0/s1. The van der Waals surface area contributed by atoms with E-state index in [9.17, 15) is 4.79 Å². The minimum Gasteiger partial charge on any atom is -0.345 e. The van der Waals surface area contributed by atoms with Gasteiger partial charge in [-0.1, -0.05) is 17.7 Å². The van der Waals surface area contributed by atoms with Crippen LogP contribution < -0.4 is 5.32 Å². The molecule has 1 atom stereocenters. The number of pyridine rings is 1. The lowest BCUT2D eigenvalue weighted by Gasteiger charge is -2.14. The number of hydrogen-bond donors (Lipinski definition) is 1. The molecule has 112 valence electrons. The van der Waals surface area contributed by atoms with E-state index in [1.165, 1.54) is 0 Å². The molecule has 0 saturated carbocycles. The molecule has 22 heavy (non-hydrogen) atoms. The van der Waals surface area contributed by atoms with Crippen LogP contribution in [0.4, 0.5) is 0 Å². The van der Waals surface area contributed by atoms with E-state index in [1.807, 2.05) is 49.6 Å². The number of hydrogen-bond acceptors (Lipinski definition) is 3. The molecule has 0 aliphatic rings. The van der Waals surface area contributed by atoms with Crippen LogP contribution in [-0.2, 0) is 0 Å². The Labute approximate surface area is 138 Å². The van der Waals surface area contributed by atoms with Gasteiger partial charge < -0.3 is 5.32 Å². The summed E-state index contributed by atoms with van der Waals surface area (Å²) in [6, 6.07) is 11.3. The molecule has 0 unspecified atom stereocenters. The van der Waals surface area contributed by atoms with E-state index in [2.05, 4.69) is 10.3 Å². The number of benzene rings is 1. The summed E-state index contributed by atoms with van der Waals surface area (Å²) in [5.74, 6) is -0.118. The van der Waals surface area contributed by atoms with Crippen LogP contribution in [0.5, 0.6) is 0 Å². The summed E-state index contributed by atoms with van der Waals surface area (Å²) >= 11 is 7.64. The number of carbonyl (C=O) groups excluding carboxylic acids is 1. The quantitative estimate of drug-likeness (QED) is 0.753. The molecule has 0 aliphatic carbocycles. The number of aromatic nitrogens is 1. The van der Waals surface area contributed by atoms with Gasteiger partial charge >= 0.3 is 0 Å². The van der Waals surface area contributed by atoms with E-state index >= 15 is 0 Å². The number of nitrogens with one attached hydrogen (secondary N) is 1. The topological polar surface area (TPSA) is 42.0 Å². The van der Waals surface area contributed by atoms with Crippen LogP contribution in [0, 0.1) is 6.92 Å². The first kappa shape index (κ1) is 15.0. The molecule has 1 aromatic carbocycles. The second-order valence-electron chi connectivity index (χ2n) is 5.17. The van der Waals surface area contributed by atoms with Crippen LogP contribution >= 0.6 is 22.9 Å². The summed E-state index contributed by atoms with van der Waals surface area (Å²) in [6.07, 6.45) is 0. The molecule has 1 N–H and O–H groups in total. The van der Waals surface area contributed by atoms with Gasteiger partial charge in [0.2, 0.25) is 0 Å². The molecular weight excluding hydrogens is 316 g/mol. The summed E-state index contributed by atoms with van der Waals surface area (Å²) in [5, 5.41) is 6.52. The van der Waals surface area contributed by atoms with Gasteiger partial charge in [0.25, 0.3) is 5.91 Å². The van der Waals surface area contributed by atoms with Gasteiger partial charge in [0, 0.05) is 15.3 Å². The van der Waals surface area contributed by atoms with Gasteiger partial charge in [0.1, 0.15) is 0 Å². The Morgan fingerprint density at radius 3 is 2.86 bits per heavy atom. The number of nitrogens with zero attached hydrogens (tertiary/aromatic N) is 1. The highest BCUT2D eigenvalue weighted by Crippen LogP contribution is 2.22. The van der Waals surface area contributed by atoms with Crippen molar-refractivity contribution < 1.29 is 4.79 Å². The molecule has 0 aliphatic heterocycles. The highest BCUT2D eigenvalue weighted by Gasteiger charge is 2.15. The highest BCUT2D eigenvalue weighted by molar-refractivity contribution is 7.10. The van der Waals surface area contributed by atoms with Gasteiger partial charge in [-0.05, 0) is 49.6 Å². The van der Waals surface area contributed by atoms with Crippen LogP contribution in [0.15, 0.2) is 41.8 Å². The fourth-order valence-electron chi connectivity index (χ4n) is 2.36. The van der Waals surface area contributed by atoms with E-state index in [1.54, 1.807) is 17.4 Å². The summed E-state index contributed by atoms with van der Waals surface area (Å²) in [5.41, 5.74) is 2.13. The number of thiophene rings is 1. The Morgan fingerprint density at radius 1 is 1.32 bits per heavy atom. The maximum absolute atomic E-state index is 12.5. The molecule has 5 heteroatoms. The minimum absolute atomic E-state index is 0.0260. The number of fused-ring (bicyclic) bond motifs is 1. The van der Waals surface area contributed by atoms with E-state index in [-0.39, 0.29) is 11.9 Å². The molecular formula is C17H15ClN2OS. The smallest absolute Gasteiger partial charge is 0.253 e. The van der Waals surface area contributed by atoms with E-state index in [0.29, 0.717) is 16.3 Å². The molecule has 2 aromatic heterocycles. The molecule has 2 heterocycles. The fourth-order valence-corrected chi connectivity index (χ4v) is 3.27. The SMILES string of the molecule is Cc1nc2ccc(Cl)cc2cc1C(=O)N[C@@H](C)c1cccs1. The Hall–Kier alpha value is -1.91. The normalized spacial score (nSPS) is 12.3. The molecule has 0 spiro atoms. The highest BCUT2D eigenvalue weighted by atomic mass is 35.5. The van der Waals surface area contributed by atoms with Crippen LogP contribution in [0.2, 0.25) is 5.02 Å². The first-order chi connectivity index (χ1) is 10.5. The minimum atomic E-state index is -0.118. The summed E-state index contributed by atoms with van der Waals surface area (Å²) in [4.78, 5) is 18.1. The third-order valence-corrected chi connectivity index (χ3v) is 4.82. The number of amides is 1. The largest absolute Gasteiger partial charge is 0.345 e. The second-order valence-corrected chi connectivity index (χ2v) is 6.58. The lowest BCUT2D eigenvalue weighted by molar-refractivity contribution is 0.0939. The average Bonchev–Trinajstić information content (AvgIpc) is 3.01. The summed E-state index contributed by atoms with van der Waals surface area (Å²) in [6.45, 7) is 3.82. The van der Waals surface area contributed by atoms with Gasteiger partial charge in [0.05, 0.1) is 22.8 Å². The van der Waals surface area contributed by atoms with Gasteiger partial charge in [-0.3, -0.25) is 9.78 Å². The molecule has 0 saturated heterocycles. The summed E-state index contributed by atoms with van der Waals surface area (Å²) in [7, 11) is 0. The zero-order valence-corrected chi connectivity index (χ0v) is 13.8. The van der Waals surface area contributed by atoms with Crippen molar-refractivity contribution in [3.63, 3.8) is 0 Å². The first-order valence-corrected chi connectivity index (χ1v) is 8.21. The van der Waals surface area contributed by atoms with Crippen LogP contribution in [0.1, 0.15) is 33.9 Å². The van der Waals surface area contributed by atoms with Gasteiger partial charge in [0.15, 0.2) is 0 Å². The maximum atomic E-state index is 12.5. The Balaban J connectivity index is 1.91. The van der Waals surface area contributed by atoms with E-state index in [0.717, 1.165) is 15.8 Å². The van der Waals surface area contributed by atoms with Crippen LogP contribution in [0.3, 0.4) is 0 Å². The molecule has 0 radical (unpaired) electrons. The molecule has 3 aromatic rings. The summed E-state index contributed by atoms with van der Waals surface area (Å²) < 4.78 is 0. The Morgan fingerprint density at radius 2 is 2.14 bits per heavy atom. The van der Waals surface area contributed by atoms with Crippen molar-refractivity contribution in [1.82, 2.24) is 10.3 Å². The lowest BCUT2D eigenvalue weighted by atomic mass is 10.1. The van der Waals surface area contributed by atoms with Crippen LogP contribution in [-0.4, -0.2) is 10.9 Å². The molecule has 0 fully saturated rings. The molecule has 3 rings (SSSR count). The Bertz CT molecular complexity index is 830. The number of aryl methyl sites for hydroxylation is 1. The van der Waals surface area contributed by atoms with Gasteiger partial charge in [-0.25, -0.2) is 0 Å². The molecule has 0 bridgehead atoms. The van der Waals surface area contributed by atoms with Crippen molar-refractivity contribution in [2.75, 3.05) is 0 Å². The van der Waals surface area contributed by atoms with Crippen molar-refractivity contribution >= 4 is 39.7 Å². The zero-order chi connectivity index (χ0) is 15.7. The van der Waals surface area contributed by atoms with Crippen molar-refractivity contribution in [3.8, 4) is 0 Å². The zero-order valence-electron chi connectivity index (χ0n) is 12.3. The monoisotopic (exact) mass is 330 g/mol. The lowest BCUT2D eigenvalue weighted by Crippen LogP contribution is -2.27. The van der Waals surface area contributed by atoms with Crippen molar-refractivity contribution in [3.05, 3.63) is 62.9 Å². The van der Waals surface area contributed by atoms with Crippen molar-refractivity contribution in [1.29, 1.82) is 0 Å². The number of carbonyl (C=O) groups is 1. The van der Waals surface area contributed by atoms with Crippen molar-refractivity contribution in [2.45, 2.75) is 19.9 Å². The number of halogens is 1. The predicted molar refractivity (Wildman–Crippen MR) is 91.7 cm³/mol. The van der Waals surface area contributed by atoms with Crippen LogP contribution in [0.25, 0.3) is 10.9 Å². The molecule has 3 nitrogen and oxygen atoms in total. The van der Waals surface area contributed by atoms with E-state index in [4.69, 9.17) is 11.6 Å². The maximum Gasteiger partial charge on any atom is 0.253 e. The third-order valence-electron chi connectivity index (χ3n) is 3.53. The van der Waals surface area contributed by atoms with Crippen molar-refractivity contribution in [2.24, 2.45) is 0 Å². The Kier molecular flexibility index (Phi) is 4.14. The predicted octanol–water partition coefficient (Wildman–Crippen LogP) is 4.75. The third kappa shape index (κ3) is 2.98. The van der Waals surface area contributed by atoms with Gasteiger partial charge in [-0.2, -0.15) is 0 Å². The van der Waals surface area contributed by atoms with E-state index < -0.39 is 0 Å². The average molecular weight is 331 g/mol. The molecule has 1 amide bonds.